The fourth-order valence-corrected chi connectivity index (χ4v) is 25.0. The third-order valence-electron chi connectivity index (χ3n) is 20.9. The maximum atomic E-state index is 12.0. The highest BCUT2D eigenvalue weighted by Crippen LogP contribution is 2.65. The zero-order valence-electron chi connectivity index (χ0n) is 56.9. The van der Waals surface area contributed by atoms with Gasteiger partial charge in [0.2, 0.25) is 0 Å². The van der Waals surface area contributed by atoms with Gasteiger partial charge in [-0.2, -0.15) is 33.7 Å². The lowest BCUT2D eigenvalue weighted by molar-refractivity contribution is -0.159. The number of fused-ring (bicyclic) bond motifs is 4. The highest BCUT2D eigenvalue weighted by molar-refractivity contribution is 7.88. The molecule has 12 aliphatic rings. The largest absolute Gasteiger partial charge is 0.461 e. The maximum absolute atomic E-state index is 12.0. The zero-order valence-corrected chi connectivity index (χ0v) is 60.1. The lowest BCUT2D eigenvalue weighted by atomic mass is 9.82. The molecule has 0 aromatic heterocycles. The molecule has 21 atom stereocenters. The fraction of sp³-hybridized carbons (Fsp3) is 0.750. The Labute approximate surface area is 580 Å². The van der Waals surface area contributed by atoms with Gasteiger partial charge in [0, 0.05) is 45.5 Å². The minimum Gasteiger partial charge on any atom is -0.461 e. The molecule has 0 spiro atoms. The molecule has 560 valence electrons. The highest BCUT2D eigenvalue weighted by Gasteiger charge is 2.73. The average Bonchev–Trinajstić information content (AvgIpc) is 1.55. The number of ether oxygens (including phenoxy) is 12. The van der Waals surface area contributed by atoms with E-state index >= 15 is 0 Å². The quantitative estimate of drug-likeness (QED) is 0.0356. The van der Waals surface area contributed by atoms with Gasteiger partial charge in [0.25, 0.3) is 40.5 Å². The molecule has 0 amide bonds. The molecule has 4 heterocycles. The van der Waals surface area contributed by atoms with Gasteiger partial charge in [-0.25, -0.2) is 38.4 Å². The van der Waals surface area contributed by atoms with Gasteiger partial charge in [-0.15, -0.1) is 0 Å². The third kappa shape index (κ3) is 16.4. The Morgan fingerprint density at radius 2 is 0.880 bits per heavy atom. The molecule has 4 saturated heterocycles. The fourth-order valence-electron chi connectivity index (χ4n) is 16.7. The Kier molecular flexibility index (Phi) is 23.9. The van der Waals surface area contributed by atoms with Gasteiger partial charge in [0.15, 0.2) is 26.4 Å². The molecule has 32 nitrogen and oxygen atoms in total. The highest BCUT2D eigenvalue weighted by atomic mass is 32.2. The van der Waals surface area contributed by atoms with Crippen LogP contribution in [0.5, 0.6) is 0 Å². The summed E-state index contributed by atoms with van der Waals surface area (Å²) in [5.74, 6) is -4.96. The average molecular weight is 1500 g/mol. The summed E-state index contributed by atoms with van der Waals surface area (Å²) in [6.45, 7) is 25.7. The predicted molar refractivity (Wildman–Crippen MR) is 339 cm³/mol. The number of rotatable bonds is 28. The molecule has 0 radical (unpaired) electrons. The van der Waals surface area contributed by atoms with E-state index in [2.05, 4.69) is 45.3 Å². The lowest BCUT2D eigenvalue weighted by Gasteiger charge is -2.33. The summed E-state index contributed by atoms with van der Waals surface area (Å²) in [6, 6.07) is 0. The molecule has 12 fully saturated rings. The summed E-state index contributed by atoms with van der Waals surface area (Å²) in [5.41, 5.74) is -0.646. The van der Waals surface area contributed by atoms with Crippen LogP contribution in [0.25, 0.3) is 0 Å². The molecule has 12 rings (SSSR count). The van der Waals surface area contributed by atoms with Gasteiger partial charge in [0.05, 0.1) is 71.8 Å². The van der Waals surface area contributed by atoms with Crippen LogP contribution in [0.1, 0.15) is 100 Å². The molecule has 4 aliphatic heterocycles. The number of carbonyl (C=O) groups is 8. The van der Waals surface area contributed by atoms with Crippen LogP contribution in [0, 0.1) is 52.3 Å². The molecule has 0 N–H and O–H groups in total. The Morgan fingerprint density at radius 1 is 0.430 bits per heavy atom. The van der Waals surface area contributed by atoms with Crippen molar-refractivity contribution >= 4 is 88.2 Å². The van der Waals surface area contributed by atoms with E-state index in [9.17, 15) is 72.0 Å². The van der Waals surface area contributed by atoms with E-state index in [4.69, 9.17) is 54.6 Å². The van der Waals surface area contributed by atoms with E-state index in [1.807, 2.05) is 20.8 Å². The Balaban J connectivity index is 0.000000156. The Bertz CT molecular complexity index is 3600. The van der Waals surface area contributed by atoms with E-state index in [0.717, 1.165) is 25.7 Å². The summed E-state index contributed by atoms with van der Waals surface area (Å²) in [7, 11) is -14.0. The topological polar surface area (TPSA) is 421 Å². The van der Waals surface area contributed by atoms with E-state index in [0.29, 0.717) is 19.3 Å². The first-order valence-electron chi connectivity index (χ1n) is 32.8. The third-order valence-corrected chi connectivity index (χ3v) is 28.4. The van der Waals surface area contributed by atoms with Crippen LogP contribution in [-0.4, -0.2) is 230 Å². The van der Waals surface area contributed by atoms with Crippen molar-refractivity contribution in [1.82, 2.24) is 0 Å². The van der Waals surface area contributed by atoms with Crippen LogP contribution >= 0.6 is 0 Å². The zero-order chi connectivity index (χ0) is 73.6. The number of esters is 8. The molecule has 36 heteroatoms. The van der Waals surface area contributed by atoms with Gasteiger partial charge in [-0.1, -0.05) is 47.1 Å². The first kappa shape index (κ1) is 78.3. The van der Waals surface area contributed by atoms with Crippen molar-refractivity contribution in [2.45, 2.75) is 170 Å². The number of hydrogen-bond acceptors (Lipinski definition) is 32. The molecule has 21 unspecified atom stereocenters. The molecular weight excluding hydrogens is 1410 g/mol. The van der Waals surface area contributed by atoms with Crippen molar-refractivity contribution in [3.05, 3.63) is 48.6 Å². The molecule has 0 aromatic rings. The van der Waals surface area contributed by atoms with Gasteiger partial charge in [-0.3, -0.25) is 16.7 Å². The van der Waals surface area contributed by atoms with Gasteiger partial charge in [0.1, 0.15) is 50.3 Å². The van der Waals surface area contributed by atoms with Crippen molar-refractivity contribution < 1.29 is 146 Å². The standard InChI is InChI=1S/4C16H22O8S/c1-9(2)15(18)23-8-12(17)21-4-5-22-14-13-10-6-16(14,3)7-11(10)25(19,20)24-13;1-9(2)15(18)23-8-12(17)21-4-5-22-13-10-6-11-16(3,7-10)14(13)24-25(11,19)20;1-9(2)15(18)23-8-13(17)21-4-5-22-14-10-6-11-12(7-10)25(19,20)24-16(11,14)3;1-8(2)16(18)23-7-12(17)21-4-5-22-13-10-6-11-14(13)24-25(19,20)15(11)9(10)3/h2*10-11,13-14H,1,4-8H2,2-3H3;10-12,14H,1,4-8H2,2-3H3;9-11,13-15H,1,4-7H2,2-3H3. The minimum atomic E-state index is -3.51. The second-order valence-electron chi connectivity index (χ2n) is 28.2. The summed E-state index contributed by atoms with van der Waals surface area (Å²) in [6.07, 6.45) is 2.16. The van der Waals surface area contributed by atoms with E-state index in [1.54, 1.807) is 6.92 Å². The molecule has 100 heavy (non-hydrogen) atoms. The van der Waals surface area contributed by atoms with Crippen molar-refractivity contribution in [1.29, 1.82) is 0 Å². The Morgan fingerprint density at radius 3 is 1.36 bits per heavy atom. The van der Waals surface area contributed by atoms with Gasteiger partial charge < -0.3 is 56.8 Å². The molecule has 8 bridgehead atoms. The summed E-state index contributed by atoms with van der Waals surface area (Å²) in [5, 5.41) is -1.68. The lowest BCUT2D eigenvalue weighted by Crippen LogP contribution is -2.46. The molecule has 8 aliphatic carbocycles. The van der Waals surface area contributed by atoms with E-state index in [-0.39, 0.29) is 152 Å². The van der Waals surface area contributed by atoms with Gasteiger partial charge in [-0.05, 0) is 109 Å². The SMILES string of the molecule is C=C(C)C(=O)OCC(=O)OCCOC1C2CC3C(C)(C2)C1OS3(=O)=O.C=C(C)C(=O)OCC(=O)OCCOC1C2CC3C(C2)S(=O)(=O)OC31C.C=C(C)C(=O)OCC(=O)OCCOC1C2CC3C1OS(=O)(=O)C3C2C.C=C(C)C(=O)OCC(=O)OCCOC1C2OS(=O)(=O)C3CC1(C)CC23. The number of hydrogen-bond donors (Lipinski definition) is 0. The summed E-state index contributed by atoms with van der Waals surface area (Å²) >= 11 is 0. The molecular formula is C64H88O32S4. The van der Waals surface area contributed by atoms with Crippen LogP contribution in [0.2, 0.25) is 0 Å². The first-order chi connectivity index (χ1) is 46.7. The normalized spacial score (nSPS) is 37.0. The second kappa shape index (κ2) is 30.5. The summed E-state index contributed by atoms with van der Waals surface area (Å²) in [4.78, 5) is 90.6. The Hall–Kier alpha value is -5.80. The predicted octanol–water partition coefficient (Wildman–Crippen LogP) is 2.10. The van der Waals surface area contributed by atoms with Crippen LogP contribution in [0.15, 0.2) is 48.6 Å². The van der Waals surface area contributed by atoms with Crippen LogP contribution < -0.4 is 0 Å². The van der Waals surface area contributed by atoms with Crippen LogP contribution in [0.3, 0.4) is 0 Å². The van der Waals surface area contributed by atoms with Crippen molar-refractivity contribution in [3.63, 3.8) is 0 Å². The smallest absolute Gasteiger partial charge is 0.344 e. The van der Waals surface area contributed by atoms with Crippen molar-refractivity contribution in [2.75, 3.05) is 79.3 Å². The van der Waals surface area contributed by atoms with E-state index in [1.165, 1.54) is 27.7 Å². The number of carbonyl (C=O) groups excluding carboxylic acids is 8. The van der Waals surface area contributed by atoms with Crippen molar-refractivity contribution in [2.24, 2.45) is 52.3 Å². The molecule has 0 aromatic carbocycles. The first-order valence-corrected chi connectivity index (χ1v) is 38.6. The van der Waals surface area contributed by atoms with Crippen LogP contribution in [-0.2, 0) is 152 Å². The minimum absolute atomic E-state index is 0.000828. The van der Waals surface area contributed by atoms with Gasteiger partial charge >= 0.3 is 47.8 Å². The van der Waals surface area contributed by atoms with Crippen molar-refractivity contribution in [3.8, 4) is 0 Å². The summed E-state index contributed by atoms with van der Waals surface area (Å²) < 4.78 is 179. The van der Waals surface area contributed by atoms with Crippen LogP contribution in [0.4, 0.5) is 0 Å². The maximum Gasteiger partial charge on any atom is 0.344 e. The monoisotopic (exact) mass is 1500 g/mol. The second-order valence-corrected chi connectivity index (χ2v) is 35.2. The molecule has 8 saturated carbocycles. The van der Waals surface area contributed by atoms with E-state index < -0.39 is 160 Å².